The lowest BCUT2D eigenvalue weighted by Gasteiger charge is -2.24. The minimum absolute atomic E-state index is 0.184. The monoisotopic (exact) mass is 210 g/mol. The molecule has 0 unspecified atom stereocenters. The second-order valence-electron chi connectivity index (χ2n) is 3.92. The molecule has 1 heterocycles. The molecule has 1 fully saturated rings. The van der Waals surface area contributed by atoms with Crippen LogP contribution in [0.25, 0.3) is 0 Å². The summed E-state index contributed by atoms with van der Waals surface area (Å²) in [5.74, 6) is 0.734. The van der Waals surface area contributed by atoms with Gasteiger partial charge in [0, 0.05) is 12.0 Å². The minimum atomic E-state index is -1.07. The van der Waals surface area contributed by atoms with Crippen molar-refractivity contribution in [1.29, 1.82) is 0 Å². The lowest BCUT2D eigenvalue weighted by molar-refractivity contribution is 0.190. The summed E-state index contributed by atoms with van der Waals surface area (Å²) >= 11 is 0. The molecule has 15 heavy (non-hydrogen) atoms. The highest BCUT2D eigenvalue weighted by Gasteiger charge is 2.25. The predicted octanol–water partition coefficient (Wildman–Crippen LogP) is 0.789. The Bertz CT molecular complexity index is 355. The number of nitrogens with zero attached hydrogens (tertiary/aromatic N) is 3. The molecule has 6 heteroatoms. The zero-order chi connectivity index (χ0) is 10.8. The van der Waals surface area contributed by atoms with Crippen molar-refractivity contribution >= 4 is 6.09 Å². The second kappa shape index (κ2) is 3.98. The van der Waals surface area contributed by atoms with E-state index in [9.17, 15) is 4.79 Å². The van der Waals surface area contributed by atoms with Crippen molar-refractivity contribution in [2.75, 3.05) is 0 Å². The molecule has 0 bridgehead atoms. The SMILES string of the molecule is N[C@H]1CC[C@H](c2ncnn2C(=O)O)CC1. The summed E-state index contributed by atoms with van der Waals surface area (Å²) in [5.41, 5.74) is 5.79. The van der Waals surface area contributed by atoms with Crippen molar-refractivity contribution in [1.82, 2.24) is 14.8 Å². The van der Waals surface area contributed by atoms with Crippen LogP contribution in [0.2, 0.25) is 0 Å². The molecule has 0 aromatic carbocycles. The van der Waals surface area contributed by atoms with Crippen LogP contribution in [-0.4, -0.2) is 32.0 Å². The molecule has 1 aliphatic rings. The Morgan fingerprint density at radius 3 is 2.73 bits per heavy atom. The Labute approximate surface area is 87.1 Å². The van der Waals surface area contributed by atoms with Crippen LogP contribution in [0.5, 0.6) is 0 Å². The summed E-state index contributed by atoms with van der Waals surface area (Å²) < 4.78 is 0.960. The molecular weight excluding hydrogens is 196 g/mol. The van der Waals surface area contributed by atoms with Gasteiger partial charge in [-0.3, -0.25) is 0 Å². The van der Waals surface area contributed by atoms with E-state index in [4.69, 9.17) is 10.8 Å². The molecule has 0 saturated heterocycles. The van der Waals surface area contributed by atoms with E-state index in [0.717, 1.165) is 30.4 Å². The molecule has 0 atom stereocenters. The van der Waals surface area contributed by atoms with Crippen LogP contribution in [0, 0.1) is 0 Å². The first-order valence-electron chi connectivity index (χ1n) is 5.07. The molecule has 1 aromatic heterocycles. The smallest absolute Gasteiger partial charge is 0.434 e. The maximum Gasteiger partial charge on any atom is 0.434 e. The first-order chi connectivity index (χ1) is 7.18. The predicted molar refractivity (Wildman–Crippen MR) is 52.6 cm³/mol. The quantitative estimate of drug-likeness (QED) is 0.714. The minimum Gasteiger partial charge on any atom is -0.463 e. The fraction of sp³-hybridized carbons (Fsp3) is 0.667. The van der Waals surface area contributed by atoms with Crippen molar-refractivity contribution in [3.8, 4) is 0 Å². The van der Waals surface area contributed by atoms with Crippen LogP contribution in [0.3, 0.4) is 0 Å². The fourth-order valence-corrected chi connectivity index (χ4v) is 2.05. The summed E-state index contributed by atoms with van der Waals surface area (Å²) in [6.07, 6.45) is 3.87. The number of aromatic nitrogens is 3. The normalized spacial score (nSPS) is 26.5. The molecule has 0 spiro atoms. The van der Waals surface area contributed by atoms with Gasteiger partial charge in [-0.25, -0.2) is 9.78 Å². The Hall–Kier alpha value is -1.43. The summed E-state index contributed by atoms with van der Waals surface area (Å²) in [7, 11) is 0. The standard InChI is InChI=1S/C9H14N4O2/c10-7-3-1-6(2-4-7)8-11-5-12-13(8)9(14)15/h5-7H,1-4,10H2,(H,14,15)/t6-,7-. The average Bonchev–Trinajstić information content (AvgIpc) is 2.67. The molecule has 82 valence electrons. The topological polar surface area (TPSA) is 94.0 Å². The number of hydrogen-bond acceptors (Lipinski definition) is 4. The van der Waals surface area contributed by atoms with E-state index >= 15 is 0 Å². The van der Waals surface area contributed by atoms with Crippen LogP contribution in [-0.2, 0) is 0 Å². The van der Waals surface area contributed by atoms with E-state index in [-0.39, 0.29) is 12.0 Å². The van der Waals surface area contributed by atoms with Gasteiger partial charge in [-0.2, -0.15) is 0 Å². The van der Waals surface area contributed by atoms with Gasteiger partial charge < -0.3 is 10.8 Å². The molecule has 1 aliphatic carbocycles. The highest BCUT2D eigenvalue weighted by molar-refractivity contribution is 5.67. The van der Waals surface area contributed by atoms with E-state index in [2.05, 4.69) is 10.1 Å². The zero-order valence-electron chi connectivity index (χ0n) is 8.33. The highest BCUT2D eigenvalue weighted by Crippen LogP contribution is 2.30. The van der Waals surface area contributed by atoms with Gasteiger partial charge in [0.1, 0.15) is 12.2 Å². The van der Waals surface area contributed by atoms with E-state index in [1.165, 1.54) is 6.33 Å². The maximum atomic E-state index is 10.8. The highest BCUT2D eigenvalue weighted by atomic mass is 16.4. The van der Waals surface area contributed by atoms with Crippen LogP contribution in [0.1, 0.15) is 37.4 Å². The lowest BCUT2D eigenvalue weighted by Crippen LogP contribution is -2.27. The van der Waals surface area contributed by atoms with Crippen molar-refractivity contribution < 1.29 is 9.90 Å². The second-order valence-corrected chi connectivity index (χ2v) is 3.92. The first-order valence-corrected chi connectivity index (χ1v) is 5.07. The van der Waals surface area contributed by atoms with Gasteiger partial charge in [0.25, 0.3) is 0 Å². The van der Waals surface area contributed by atoms with Gasteiger partial charge in [0.15, 0.2) is 0 Å². The summed E-state index contributed by atoms with van der Waals surface area (Å²) in [5, 5.41) is 12.6. The van der Waals surface area contributed by atoms with E-state index in [1.807, 2.05) is 0 Å². The zero-order valence-corrected chi connectivity index (χ0v) is 8.33. The molecule has 0 aliphatic heterocycles. The van der Waals surface area contributed by atoms with Gasteiger partial charge in [-0.15, -0.1) is 9.78 Å². The number of hydrogen-bond donors (Lipinski definition) is 2. The molecule has 0 amide bonds. The Morgan fingerprint density at radius 1 is 1.47 bits per heavy atom. The largest absolute Gasteiger partial charge is 0.463 e. The number of nitrogens with two attached hydrogens (primary N) is 1. The van der Waals surface area contributed by atoms with Gasteiger partial charge in [0.2, 0.25) is 0 Å². The van der Waals surface area contributed by atoms with Gasteiger partial charge in [-0.1, -0.05) is 0 Å². The third-order valence-electron chi connectivity index (χ3n) is 2.89. The van der Waals surface area contributed by atoms with E-state index in [0.29, 0.717) is 5.82 Å². The van der Waals surface area contributed by atoms with Crippen LogP contribution in [0.4, 0.5) is 4.79 Å². The van der Waals surface area contributed by atoms with Crippen LogP contribution in [0.15, 0.2) is 6.33 Å². The van der Waals surface area contributed by atoms with Crippen LogP contribution >= 0.6 is 0 Å². The maximum absolute atomic E-state index is 10.8. The molecule has 1 aromatic rings. The summed E-state index contributed by atoms with van der Waals surface area (Å²) in [6.45, 7) is 0. The van der Waals surface area contributed by atoms with Gasteiger partial charge in [-0.05, 0) is 25.7 Å². The molecule has 6 nitrogen and oxygen atoms in total. The number of carboxylic acid groups (broad SMARTS) is 1. The van der Waals surface area contributed by atoms with Crippen molar-refractivity contribution in [3.05, 3.63) is 12.2 Å². The number of rotatable bonds is 1. The first kappa shape index (κ1) is 10.1. The Kier molecular flexibility index (Phi) is 2.68. The average molecular weight is 210 g/mol. The van der Waals surface area contributed by atoms with Crippen molar-refractivity contribution in [3.63, 3.8) is 0 Å². The third kappa shape index (κ3) is 1.99. The molecule has 0 radical (unpaired) electrons. The molecular formula is C9H14N4O2. The molecule has 1 saturated carbocycles. The fourth-order valence-electron chi connectivity index (χ4n) is 2.05. The lowest BCUT2D eigenvalue weighted by atomic mass is 9.86. The molecule has 3 N–H and O–H groups in total. The van der Waals surface area contributed by atoms with Gasteiger partial charge >= 0.3 is 6.09 Å². The Morgan fingerprint density at radius 2 is 2.13 bits per heavy atom. The van der Waals surface area contributed by atoms with E-state index in [1.54, 1.807) is 0 Å². The Balaban J connectivity index is 2.15. The third-order valence-corrected chi connectivity index (χ3v) is 2.89. The van der Waals surface area contributed by atoms with Crippen LogP contribution < -0.4 is 5.73 Å². The van der Waals surface area contributed by atoms with Crippen molar-refractivity contribution in [2.24, 2.45) is 5.73 Å². The van der Waals surface area contributed by atoms with Crippen molar-refractivity contribution in [2.45, 2.75) is 37.6 Å². The summed E-state index contributed by atoms with van der Waals surface area (Å²) in [6, 6.07) is 0.252. The van der Waals surface area contributed by atoms with E-state index < -0.39 is 6.09 Å². The van der Waals surface area contributed by atoms with Gasteiger partial charge in [0.05, 0.1) is 0 Å². The summed E-state index contributed by atoms with van der Waals surface area (Å²) in [4.78, 5) is 14.8. The number of carbonyl (C=O) groups is 1. The molecule has 2 rings (SSSR count).